The van der Waals surface area contributed by atoms with Crippen LogP contribution in [-0.2, 0) is 0 Å². The number of rotatable bonds is 2. The van der Waals surface area contributed by atoms with Gasteiger partial charge in [-0.2, -0.15) is 0 Å². The molecule has 0 aliphatic carbocycles. The number of hydrogen-bond acceptors (Lipinski definition) is 4. The first kappa shape index (κ1) is 12.6. The van der Waals surface area contributed by atoms with Crippen molar-refractivity contribution in [2.75, 3.05) is 5.32 Å². The zero-order valence-electron chi connectivity index (χ0n) is 10.4. The quantitative estimate of drug-likeness (QED) is 0.818. The van der Waals surface area contributed by atoms with E-state index < -0.39 is 0 Å². The first-order valence-electron chi connectivity index (χ1n) is 5.51. The molecule has 0 bridgehead atoms. The highest BCUT2D eigenvalue weighted by molar-refractivity contribution is 7.09. The maximum atomic E-state index is 11.9. The predicted octanol–water partition coefficient (Wildman–Crippen LogP) is 3.03. The van der Waals surface area contributed by atoms with Crippen LogP contribution in [0.15, 0.2) is 17.5 Å². The Morgan fingerprint density at radius 1 is 1.28 bits per heavy atom. The number of aromatic nitrogens is 1. The Balaban J connectivity index is 2.24. The van der Waals surface area contributed by atoms with Gasteiger partial charge in [0.05, 0.1) is 5.01 Å². The molecule has 4 nitrogen and oxygen atoms in total. The van der Waals surface area contributed by atoms with E-state index in [-0.39, 0.29) is 11.7 Å². The molecule has 0 unspecified atom stereocenters. The smallest absolute Gasteiger partial charge is 0.275 e. The van der Waals surface area contributed by atoms with Gasteiger partial charge in [-0.1, -0.05) is 0 Å². The summed E-state index contributed by atoms with van der Waals surface area (Å²) in [5.41, 5.74) is 2.66. The minimum Gasteiger partial charge on any atom is -0.508 e. The minimum atomic E-state index is -0.229. The van der Waals surface area contributed by atoms with Crippen LogP contribution in [0, 0.1) is 20.8 Å². The van der Waals surface area contributed by atoms with Crippen molar-refractivity contribution in [3.05, 3.63) is 39.3 Å². The molecule has 18 heavy (non-hydrogen) atoms. The van der Waals surface area contributed by atoms with Gasteiger partial charge in [-0.05, 0) is 44.0 Å². The number of nitrogens with one attached hydrogen (secondary N) is 1. The van der Waals surface area contributed by atoms with Crippen LogP contribution in [-0.4, -0.2) is 16.0 Å². The van der Waals surface area contributed by atoms with Crippen LogP contribution in [0.3, 0.4) is 0 Å². The molecule has 5 heteroatoms. The van der Waals surface area contributed by atoms with Crippen LogP contribution in [0.25, 0.3) is 0 Å². The Bertz CT molecular complexity index is 605. The Labute approximate surface area is 109 Å². The highest BCUT2D eigenvalue weighted by atomic mass is 32.1. The number of hydrogen-bond donors (Lipinski definition) is 2. The fraction of sp³-hybridized carbons (Fsp3) is 0.231. The summed E-state index contributed by atoms with van der Waals surface area (Å²) in [5, 5.41) is 14.9. The van der Waals surface area contributed by atoms with Gasteiger partial charge in [0.15, 0.2) is 0 Å². The second kappa shape index (κ2) is 4.78. The van der Waals surface area contributed by atoms with Gasteiger partial charge in [-0.25, -0.2) is 4.98 Å². The molecular formula is C13H14N2O2S. The van der Waals surface area contributed by atoms with Gasteiger partial charge < -0.3 is 10.4 Å². The zero-order chi connectivity index (χ0) is 13.3. The number of aryl methyl sites for hydroxylation is 3. The average Bonchev–Trinajstić information content (AvgIpc) is 2.73. The lowest BCUT2D eigenvalue weighted by Crippen LogP contribution is -2.13. The highest BCUT2D eigenvalue weighted by Gasteiger charge is 2.11. The molecule has 0 spiro atoms. The van der Waals surface area contributed by atoms with Gasteiger partial charge in [-0.15, -0.1) is 11.3 Å². The molecule has 2 N–H and O–H groups in total. The summed E-state index contributed by atoms with van der Waals surface area (Å²) in [6.45, 7) is 5.48. The lowest BCUT2D eigenvalue weighted by atomic mass is 10.1. The Kier molecular flexibility index (Phi) is 3.34. The van der Waals surface area contributed by atoms with Crippen LogP contribution >= 0.6 is 11.3 Å². The summed E-state index contributed by atoms with van der Waals surface area (Å²) in [6.07, 6.45) is 0. The SMILES string of the molecule is Cc1nc(C(=O)Nc2cc(C)c(O)cc2C)cs1. The van der Waals surface area contributed by atoms with Crippen molar-refractivity contribution in [2.45, 2.75) is 20.8 Å². The standard InChI is InChI=1S/C13H14N2O2S/c1-7-5-12(16)8(2)4-10(7)15-13(17)11-6-18-9(3)14-11/h4-6,16H,1-3H3,(H,15,17). The molecule has 1 aromatic heterocycles. The van der Waals surface area contributed by atoms with Gasteiger partial charge in [-0.3, -0.25) is 4.79 Å². The molecule has 0 saturated heterocycles. The molecule has 0 fully saturated rings. The van der Waals surface area contributed by atoms with Crippen molar-refractivity contribution in [2.24, 2.45) is 0 Å². The van der Waals surface area contributed by atoms with Crippen molar-refractivity contribution in [1.29, 1.82) is 0 Å². The van der Waals surface area contributed by atoms with Gasteiger partial charge in [0, 0.05) is 11.1 Å². The minimum absolute atomic E-state index is 0.229. The van der Waals surface area contributed by atoms with Crippen molar-refractivity contribution >= 4 is 22.9 Å². The lowest BCUT2D eigenvalue weighted by Gasteiger charge is -2.09. The number of carbonyl (C=O) groups excluding carboxylic acids is 1. The van der Waals surface area contributed by atoms with Crippen LogP contribution in [0.1, 0.15) is 26.6 Å². The van der Waals surface area contributed by atoms with Crippen LogP contribution in [0.5, 0.6) is 5.75 Å². The fourth-order valence-corrected chi connectivity index (χ4v) is 2.18. The van der Waals surface area contributed by atoms with Gasteiger partial charge >= 0.3 is 0 Å². The molecule has 0 aliphatic heterocycles. The number of amides is 1. The topological polar surface area (TPSA) is 62.2 Å². The van der Waals surface area contributed by atoms with Crippen molar-refractivity contribution in [3.63, 3.8) is 0 Å². The van der Waals surface area contributed by atoms with Crippen LogP contribution in [0.2, 0.25) is 0 Å². The van der Waals surface area contributed by atoms with Crippen molar-refractivity contribution in [3.8, 4) is 5.75 Å². The van der Waals surface area contributed by atoms with Gasteiger partial charge in [0.1, 0.15) is 11.4 Å². The number of phenols is 1. The van der Waals surface area contributed by atoms with E-state index >= 15 is 0 Å². The van der Waals surface area contributed by atoms with Crippen molar-refractivity contribution < 1.29 is 9.90 Å². The molecule has 0 radical (unpaired) electrons. The van der Waals surface area contributed by atoms with Gasteiger partial charge in [0.2, 0.25) is 0 Å². The normalized spacial score (nSPS) is 10.4. The van der Waals surface area contributed by atoms with E-state index in [4.69, 9.17) is 0 Å². The first-order chi connectivity index (χ1) is 8.47. The summed E-state index contributed by atoms with van der Waals surface area (Å²) in [4.78, 5) is 16.1. The van der Waals surface area contributed by atoms with E-state index in [1.807, 2.05) is 13.8 Å². The maximum absolute atomic E-state index is 11.9. The van der Waals surface area contributed by atoms with E-state index in [0.29, 0.717) is 11.4 Å². The molecule has 2 aromatic rings. The van der Waals surface area contributed by atoms with E-state index in [0.717, 1.165) is 16.1 Å². The average molecular weight is 262 g/mol. The second-order valence-electron chi connectivity index (χ2n) is 4.16. The Morgan fingerprint density at radius 3 is 2.61 bits per heavy atom. The fourth-order valence-electron chi connectivity index (χ4n) is 1.59. The first-order valence-corrected chi connectivity index (χ1v) is 6.39. The van der Waals surface area contributed by atoms with E-state index in [9.17, 15) is 9.90 Å². The number of aromatic hydroxyl groups is 1. The summed E-state index contributed by atoms with van der Waals surface area (Å²) in [6, 6.07) is 3.39. The number of thiazole rings is 1. The van der Waals surface area contributed by atoms with E-state index in [2.05, 4.69) is 10.3 Å². The summed E-state index contributed by atoms with van der Waals surface area (Å²) in [5.74, 6) is 0.00235. The summed E-state index contributed by atoms with van der Waals surface area (Å²) >= 11 is 1.44. The monoisotopic (exact) mass is 262 g/mol. The number of carbonyl (C=O) groups is 1. The summed E-state index contributed by atoms with van der Waals surface area (Å²) < 4.78 is 0. The second-order valence-corrected chi connectivity index (χ2v) is 5.22. The third-order valence-electron chi connectivity index (χ3n) is 2.64. The Hall–Kier alpha value is -1.88. The highest BCUT2D eigenvalue weighted by Crippen LogP contribution is 2.25. The zero-order valence-corrected chi connectivity index (χ0v) is 11.3. The third kappa shape index (κ3) is 2.51. The number of benzene rings is 1. The molecule has 2 rings (SSSR count). The van der Waals surface area contributed by atoms with Crippen molar-refractivity contribution in [1.82, 2.24) is 4.98 Å². The number of phenolic OH excluding ortho intramolecular Hbond substituents is 1. The van der Waals surface area contributed by atoms with Gasteiger partial charge in [0.25, 0.3) is 5.91 Å². The molecule has 1 amide bonds. The molecule has 1 heterocycles. The Morgan fingerprint density at radius 2 is 2.00 bits per heavy atom. The molecule has 1 aromatic carbocycles. The lowest BCUT2D eigenvalue weighted by molar-refractivity contribution is 0.102. The molecule has 94 valence electrons. The van der Waals surface area contributed by atoms with Crippen LogP contribution < -0.4 is 5.32 Å². The number of nitrogens with zero attached hydrogens (tertiary/aromatic N) is 1. The van der Waals surface area contributed by atoms with Crippen LogP contribution in [0.4, 0.5) is 5.69 Å². The molecule has 0 saturated carbocycles. The predicted molar refractivity (Wildman–Crippen MR) is 72.4 cm³/mol. The largest absolute Gasteiger partial charge is 0.508 e. The van der Waals surface area contributed by atoms with E-state index in [1.54, 1.807) is 24.4 Å². The molecular weight excluding hydrogens is 248 g/mol. The maximum Gasteiger partial charge on any atom is 0.275 e. The van der Waals surface area contributed by atoms with E-state index in [1.165, 1.54) is 11.3 Å². The molecule has 0 aliphatic rings. The molecule has 0 atom stereocenters. The number of anilines is 1. The summed E-state index contributed by atoms with van der Waals surface area (Å²) in [7, 11) is 0. The third-order valence-corrected chi connectivity index (χ3v) is 3.42.